The Bertz CT molecular complexity index is 324. The van der Waals surface area contributed by atoms with Gasteiger partial charge in [0.15, 0.2) is 0 Å². The second-order valence-corrected chi connectivity index (χ2v) is 3.22. The first-order valence-corrected chi connectivity index (χ1v) is 5.01. The first-order valence-electron chi connectivity index (χ1n) is 5.01. The van der Waals surface area contributed by atoms with Gasteiger partial charge in [-0.05, 0) is 12.8 Å². The molecule has 4 heteroatoms. The summed E-state index contributed by atoms with van der Waals surface area (Å²) < 4.78 is 0. The Labute approximate surface area is 89.5 Å². The molecule has 0 bridgehead atoms. The van der Waals surface area contributed by atoms with Crippen LogP contribution in [0.1, 0.15) is 31.5 Å². The number of H-pyrrole nitrogens is 1. The average molecular weight is 205 g/mol. The normalized spacial score (nSPS) is 9.53. The molecule has 15 heavy (non-hydrogen) atoms. The first-order chi connectivity index (χ1) is 7.33. The van der Waals surface area contributed by atoms with Gasteiger partial charge in [-0.1, -0.05) is 0 Å². The number of aromatic nitrogens is 2. The van der Waals surface area contributed by atoms with Gasteiger partial charge in [-0.25, -0.2) is 4.98 Å². The molecule has 0 saturated carbocycles. The number of unbranched alkanes of at least 4 members (excludes halogenated alkanes) is 2. The third-order valence-electron chi connectivity index (χ3n) is 1.98. The Hall–Kier alpha value is -1.76. The smallest absolute Gasteiger partial charge is 0.220 e. The Morgan fingerprint density at radius 3 is 3.13 bits per heavy atom. The average Bonchev–Trinajstić information content (AvgIpc) is 2.74. The summed E-state index contributed by atoms with van der Waals surface area (Å²) in [6.07, 6.45) is 11.5. The molecule has 1 heterocycles. The van der Waals surface area contributed by atoms with Crippen LogP contribution in [0.25, 0.3) is 0 Å². The molecule has 2 N–H and O–H groups in total. The van der Waals surface area contributed by atoms with Gasteiger partial charge in [-0.2, -0.15) is 0 Å². The monoisotopic (exact) mass is 205 g/mol. The molecular formula is C11H15N3O. The van der Waals surface area contributed by atoms with Crippen LogP contribution in [0.4, 0.5) is 0 Å². The second-order valence-electron chi connectivity index (χ2n) is 3.22. The maximum Gasteiger partial charge on any atom is 0.220 e. The highest BCUT2D eigenvalue weighted by Gasteiger charge is 2.01. The molecule has 4 nitrogen and oxygen atoms in total. The predicted octanol–water partition coefficient (Wildman–Crippen LogP) is 1.22. The van der Waals surface area contributed by atoms with Gasteiger partial charge < -0.3 is 10.3 Å². The maximum absolute atomic E-state index is 11.3. The number of hydrogen-bond acceptors (Lipinski definition) is 2. The molecule has 0 atom stereocenters. The van der Waals surface area contributed by atoms with Gasteiger partial charge in [0.2, 0.25) is 5.91 Å². The Kier molecular flexibility index (Phi) is 5.02. The molecule has 1 rings (SSSR count). The fraction of sp³-hybridized carbons (Fsp3) is 0.455. The molecule has 80 valence electrons. The van der Waals surface area contributed by atoms with Gasteiger partial charge in [0.05, 0.1) is 6.54 Å². The minimum Gasteiger partial charge on any atom is -0.349 e. The largest absolute Gasteiger partial charge is 0.349 e. The topological polar surface area (TPSA) is 57.8 Å². The van der Waals surface area contributed by atoms with Crippen molar-refractivity contribution in [1.29, 1.82) is 0 Å². The van der Waals surface area contributed by atoms with E-state index < -0.39 is 0 Å². The molecule has 1 amide bonds. The number of aromatic amines is 1. The molecule has 0 spiro atoms. The number of rotatable bonds is 6. The fourth-order valence-electron chi connectivity index (χ4n) is 1.18. The summed E-state index contributed by atoms with van der Waals surface area (Å²) in [6.45, 7) is 0.459. The van der Waals surface area contributed by atoms with E-state index in [9.17, 15) is 4.79 Å². The van der Waals surface area contributed by atoms with Crippen LogP contribution in [0.5, 0.6) is 0 Å². The number of hydrogen-bond donors (Lipinski definition) is 2. The highest BCUT2D eigenvalue weighted by atomic mass is 16.1. The van der Waals surface area contributed by atoms with E-state index in [1.807, 2.05) is 0 Å². The second kappa shape index (κ2) is 6.66. The van der Waals surface area contributed by atoms with Crippen molar-refractivity contribution in [3.05, 3.63) is 18.2 Å². The number of amides is 1. The van der Waals surface area contributed by atoms with Crippen molar-refractivity contribution in [2.24, 2.45) is 0 Å². The Balaban J connectivity index is 2.07. The minimum absolute atomic E-state index is 0.0448. The SMILES string of the molecule is C#CCCCCC(=O)NCc1ncc[nH]1. The number of carbonyl (C=O) groups is 1. The van der Waals surface area contributed by atoms with Crippen LogP contribution in [0.2, 0.25) is 0 Å². The lowest BCUT2D eigenvalue weighted by Crippen LogP contribution is -2.22. The summed E-state index contributed by atoms with van der Waals surface area (Å²) >= 11 is 0. The molecule has 0 radical (unpaired) electrons. The van der Waals surface area contributed by atoms with E-state index in [2.05, 4.69) is 21.2 Å². The van der Waals surface area contributed by atoms with Gasteiger partial charge in [0.1, 0.15) is 5.82 Å². The van der Waals surface area contributed by atoms with E-state index in [1.54, 1.807) is 12.4 Å². The number of imidazole rings is 1. The summed E-state index contributed by atoms with van der Waals surface area (Å²) in [5.41, 5.74) is 0. The zero-order valence-corrected chi connectivity index (χ0v) is 8.62. The van der Waals surface area contributed by atoms with E-state index in [0.717, 1.165) is 25.1 Å². The van der Waals surface area contributed by atoms with Crippen LogP contribution in [0.3, 0.4) is 0 Å². The lowest BCUT2D eigenvalue weighted by Gasteiger charge is -2.02. The molecule has 0 fully saturated rings. The molecular weight excluding hydrogens is 190 g/mol. The van der Waals surface area contributed by atoms with Gasteiger partial charge in [0, 0.05) is 25.2 Å². The zero-order valence-electron chi connectivity index (χ0n) is 8.62. The molecule has 1 aromatic rings. The molecule has 0 aliphatic rings. The van der Waals surface area contributed by atoms with Crippen LogP contribution in [0.15, 0.2) is 12.4 Å². The number of terminal acetylenes is 1. The summed E-state index contributed by atoms with van der Waals surface area (Å²) in [5.74, 6) is 3.36. The van der Waals surface area contributed by atoms with Crippen LogP contribution < -0.4 is 5.32 Å². The third-order valence-corrected chi connectivity index (χ3v) is 1.98. The lowest BCUT2D eigenvalue weighted by atomic mass is 10.2. The number of nitrogens with one attached hydrogen (secondary N) is 2. The zero-order chi connectivity index (χ0) is 10.9. The van der Waals surface area contributed by atoms with Crippen molar-refractivity contribution in [2.45, 2.75) is 32.2 Å². The van der Waals surface area contributed by atoms with Crippen molar-refractivity contribution in [1.82, 2.24) is 15.3 Å². The van der Waals surface area contributed by atoms with Gasteiger partial charge >= 0.3 is 0 Å². The van der Waals surface area contributed by atoms with E-state index in [1.165, 1.54) is 0 Å². The molecule has 0 aliphatic heterocycles. The molecule has 0 unspecified atom stereocenters. The van der Waals surface area contributed by atoms with Gasteiger partial charge in [-0.15, -0.1) is 12.3 Å². The highest BCUT2D eigenvalue weighted by Crippen LogP contribution is 1.98. The summed E-state index contributed by atoms with van der Waals surface area (Å²) in [7, 11) is 0. The third kappa shape index (κ3) is 4.87. The molecule has 0 aromatic carbocycles. The fourth-order valence-corrected chi connectivity index (χ4v) is 1.18. The summed E-state index contributed by atoms with van der Waals surface area (Å²) in [5, 5.41) is 2.78. The lowest BCUT2D eigenvalue weighted by molar-refractivity contribution is -0.121. The minimum atomic E-state index is 0.0448. The van der Waals surface area contributed by atoms with Gasteiger partial charge in [-0.3, -0.25) is 4.79 Å². The highest BCUT2D eigenvalue weighted by molar-refractivity contribution is 5.75. The number of nitrogens with zero attached hydrogens (tertiary/aromatic N) is 1. The maximum atomic E-state index is 11.3. The summed E-state index contributed by atoms with van der Waals surface area (Å²) in [4.78, 5) is 18.2. The van der Waals surface area contributed by atoms with E-state index in [4.69, 9.17) is 6.42 Å². The van der Waals surface area contributed by atoms with Crippen LogP contribution in [-0.4, -0.2) is 15.9 Å². The summed E-state index contributed by atoms with van der Waals surface area (Å²) in [6, 6.07) is 0. The molecule has 0 aliphatic carbocycles. The quantitative estimate of drug-likeness (QED) is 0.542. The van der Waals surface area contributed by atoms with E-state index >= 15 is 0 Å². The predicted molar refractivity (Wildman–Crippen MR) is 57.7 cm³/mol. The number of carbonyl (C=O) groups excluding carboxylic acids is 1. The van der Waals surface area contributed by atoms with Crippen molar-refractivity contribution < 1.29 is 4.79 Å². The van der Waals surface area contributed by atoms with Crippen molar-refractivity contribution in [2.75, 3.05) is 0 Å². The Morgan fingerprint density at radius 1 is 1.60 bits per heavy atom. The molecule has 1 aromatic heterocycles. The first kappa shape index (κ1) is 11.3. The standard InChI is InChI=1S/C11H15N3O/c1-2-3-4-5-6-11(15)14-9-10-12-7-8-13-10/h1,7-8H,3-6,9H2,(H,12,13)(H,14,15). The van der Waals surface area contributed by atoms with Crippen molar-refractivity contribution in [3.8, 4) is 12.3 Å². The van der Waals surface area contributed by atoms with Crippen LogP contribution in [-0.2, 0) is 11.3 Å². The van der Waals surface area contributed by atoms with Crippen LogP contribution >= 0.6 is 0 Å². The Morgan fingerprint density at radius 2 is 2.47 bits per heavy atom. The van der Waals surface area contributed by atoms with Crippen LogP contribution in [0, 0.1) is 12.3 Å². The molecule has 0 saturated heterocycles. The van der Waals surface area contributed by atoms with Gasteiger partial charge in [0.25, 0.3) is 0 Å². The van der Waals surface area contributed by atoms with E-state index in [-0.39, 0.29) is 5.91 Å². The van der Waals surface area contributed by atoms with Crippen molar-refractivity contribution in [3.63, 3.8) is 0 Å². The van der Waals surface area contributed by atoms with Crippen molar-refractivity contribution >= 4 is 5.91 Å². The van der Waals surface area contributed by atoms with E-state index in [0.29, 0.717) is 13.0 Å².